The van der Waals surface area contributed by atoms with Gasteiger partial charge in [-0.2, -0.15) is 0 Å². The summed E-state index contributed by atoms with van der Waals surface area (Å²) in [5.74, 6) is 6.51. The molecular formula is C17H29N3O2. The number of unbranched alkanes of at least 4 members (excludes halogenated alkanes) is 1. The molecule has 1 unspecified atom stereocenters. The van der Waals surface area contributed by atoms with Crippen LogP contribution >= 0.6 is 0 Å². The molecule has 2 aliphatic rings. The minimum Gasteiger partial charge on any atom is -0.445 e. The number of carbonyl (C=O) groups is 1. The number of ether oxygens (including phenoxy) is 1. The molecule has 2 rings (SSSR count). The first-order valence-corrected chi connectivity index (χ1v) is 8.63. The number of rotatable bonds is 6. The van der Waals surface area contributed by atoms with E-state index in [0.29, 0.717) is 6.54 Å². The van der Waals surface area contributed by atoms with Crippen molar-refractivity contribution in [1.82, 2.24) is 15.1 Å². The zero-order chi connectivity index (χ0) is 15.6. The van der Waals surface area contributed by atoms with E-state index in [0.717, 1.165) is 45.4 Å². The monoisotopic (exact) mass is 307 g/mol. The number of amides is 1. The van der Waals surface area contributed by atoms with E-state index in [1.807, 2.05) is 0 Å². The molecule has 2 fully saturated rings. The van der Waals surface area contributed by atoms with E-state index in [2.05, 4.69) is 33.9 Å². The minimum absolute atomic E-state index is 0.0157. The largest absolute Gasteiger partial charge is 0.445 e. The molecular weight excluding hydrogens is 278 g/mol. The number of nitrogens with one attached hydrogen (secondary N) is 1. The van der Waals surface area contributed by atoms with Crippen LogP contribution in [0, 0.1) is 11.8 Å². The minimum atomic E-state index is -0.277. The van der Waals surface area contributed by atoms with E-state index in [4.69, 9.17) is 4.74 Å². The standard InChI is InChI=1S/C17H29N3O2/c1-2-3-9-18-17(21)22-16-8-14-20(15-16)13-7-6-12-19-10-4-5-11-19/h16H,2-5,8-15H2,1H3,(H,18,21). The molecule has 0 bridgehead atoms. The molecule has 0 radical (unpaired) electrons. The van der Waals surface area contributed by atoms with Gasteiger partial charge in [-0.1, -0.05) is 25.2 Å². The Kier molecular flexibility index (Phi) is 7.55. The fraction of sp³-hybridized carbons (Fsp3) is 0.824. The molecule has 1 atom stereocenters. The molecule has 0 spiro atoms. The molecule has 0 saturated carbocycles. The second kappa shape index (κ2) is 9.70. The van der Waals surface area contributed by atoms with Crippen LogP contribution in [0.2, 0.25) is 0 Å². The van der Waals surface area contributed by atoms with Gasteiger partial charge in [0.1, 0.15) is 6.10 Å². The average Bonchev–Trinajstić information content (AvgIpc) is 3.16. The number of hydrogen-bond donors (Lipinski definition) is 1. The molecule has 0 aliphatic carbocycles. The van der Waals surface area contributed by atoms with Crippen LogP contribution in [0.5, 0.6) is 0 Å². The van der Waals surface area contributed by atoms with Crippen LogP contribution in [-0.4, -0.2) is 67.8 Å². The van der Waals surface area contributed by atoms with Gasteiger partial charge in [0.05, 0.1) is 13.1 Å². The van der Waals surface area contributed by atoms with E-state index in [1.54, 1.807) is 0 Å². The third kappa shape index (κ3) is 6.25. The van der Waals surface area contributed by atoms with Crippen LogP contribution in [0.4, 0.5) is 4.79 Å². The Morgan fingerprint density at radius 3 is 2.64 bits per heavy atom. The summed E-state index contributed by atoms with van der Waals surface area (Å²) >= 11 is 0. The average molecular weight is 307 g/mol. The Bertz CT molecular complexity index is 396. The molecule has 124 valence electrons. The van der Waals surface area contributed by atoms with Crippen LogP contribution in [0.25, 0.3) is 0 Å². The van der Waals surface area contributed by atoms with Gasteiger partial charge in [-0.3, -0.25) is 9.80 Å². The lowest BCUT2D eigenvalue weighted by Gasteiger charge is -2.14. The van der Waals surface area contributed by atoms with Crippen molar-refractivity contribution in [2.45, 2.75) is 45.1 Å². The van der Waals surface area contributed by atoms with E-state index >= 15 is 0 Å². The van der Waals surface area contributed by atoms with Gasteiger partial charge in [-0.05, 0) is 38.8 Å². The Labute approximate surface area is 134 Å². The summed E-state index contributed by atoms with van der Waals surface area (Å²) in [6.45, 7) is 8.65. The molecule has 22 heavy (non-hydrogen) atoms. The zero-order valence-electron chi connectivity index (χ0n) is 13.8. The van der Waals surface area contributed by atoms with Crippen molar-refractivity contribution < 1.29 is 9.53 Å². The molecule has 2 saturated heterocycles. The molecule has 1 N–H and O–H groups in total. The molecule has 1 amide bonds. The van der Waals surface area contributed by atoms with Gasteiger partial charge in [0.25, 0.3) is 0 Å². The van der Waals surface area contributed by atoms with Crippen LogP contribution < -0.4 is 5.32 Å². The summed E-state index contributed by atoms with van der Waals surface area (Å²) in [4.78, 5) is 16.3. The van der Waals surface area contributed by atoms with Crippen LogP contribution in [-0.2, 0) is 4.74 Å². The molecule has 0 aromatic rings. The van der Waals surface area contributed by atoms with Crippen LogP contribution in [0.1, 0.15) is 39.0 Å². The highest BCUT2D eigenvalue weighted by molar-refractivity contribution is 5.67. The number of nitrogens with zero attached hydrogens (tertiary/aromatic N) is 2. The third-order valence-corrected chi connectivity index (χ3v) is 4.23. The van der Waals surface area contributed by atoms with Gasteiger partial charge in [0, 0.05) is 19.6 Å². The van der Waals surface area contributed by atoms with Gasteiger partial charge < -0.3 is 10.1 Å². The van der Waals surface area contributed by atoms with Gasteiger partial charge >= 0.3 is 6.09 Å². The lowest BCUT2D eigenvalue weighted by Crippen LogP contribution is -2.31. The highest BCUT2D eigenvalue weighted by atomic mass is 16.6. The van der Waals surface area contributed by atoms with E-state index in [9.17, 15) is 4.79 Å². The first kappa shape index (κ1) is 17.1. The number of likely N-dealkylation sites (tertiary alicyclic amines) is 2. The Morgan fingerprint density at radius 2 is 1.91 bits per heavy atom. The molecule has 0 aromatic heterocycles. The van der Waals surface area contributed by atoms with Crippen LogP contribution in [0.15, 0.2) is 0 Å². The maximum absolute atomic E-state index is 11.6. The third-order valence-electron chi connectivity index (χ3n) is 4.23. The smallest absolute Gasteiger partial charge is 0.407 e. The quantitative estimate of drug-likeness (QED) is 0.599. The number of alkyl carbamates (subject to hydrolysis) is 1. The van der Waals surface area contributed by atoms with Gasteiger partial charge in [0.2, 0.25) is 0 Å². The van der Waals surface area contributed by atoms with Crippen molar-refractivity contribution in [3.8, 4) is 11.8 Å². The highest BCUT2D eigenvalue weighted by Gasteiger charge is 2.24. The lowest BCUT2D eigenvalue weighted by molar-refractivity contribution is 0.101. The summed E-state index contributed by atoms with van der Waals surface area (Å²) in [5, 5.41) is 2.80. The SMILES string of the molecule is CCCCNC(=O)OC1CCN(CC#CCN2CCCC2)C1. The molecule has 2 aliphatic heterocycles. The maximum Gasteiger partial charge on any atom is 0.407 e. The van der Waals surface area contributed by atoms with E-state index in [1.165, 1.54) is 25.9 Å². The normalized spacial score (nSPS) is 22.3. The second-order valence-corrected chi connectivity index (χ2v) is 6.17. The summed E-state index contributed by atoms with van der Waals surface area (Å²) < 4.78 is 5.43. The Balaban J connectivity index is 1.57. The lowest BCUT2D eigenvalue weighted by atomic mass is 10.3. The topological polar surface area (TPSA) is 44.8 Å². The summed E-state index contributed by atoms with van der Waals surface area (Å²) in [5.41, 5.74) is 0. The fourth-order valence-electron chi connectivity index (χ4n) is 2.87. The van der Waals surface area contributed by atoms with Crippen molar-refractivity contribution >= 4 is 6.09 Å². The first-order valence-electron chi connectivity index (χ1n) is 8.63. The molecule has 5 nitrogen and oxygen atoms in total. The van der Waals surface area contributed by atoms with E-state index < -0.39 is 0 Å². The summed E-state index contributed by atoms with van der Waals surface area (Å²) in [7, 11) is 0. The van der Waals surface area contributed by atoms with Crippen LogP contribution in [0.3, 0.4) is 0 Å². The zero-order valence-corrected chi connectivity index (χ0v) is 13.8. The molecule has 5 heteroatoms. The number of hydrogen-bond acceptors (Lipinski definition) is 4. The molecule has 0 aromatic carbocycles. The molecule has 2 heterocycles. The number of carbonyl (C=O) groups excluding carboxylic acids is 1. The van der Waals surface area contributed by atoms with Crippen molar-refractivity contribution in [3.05, 3.63) is 0 Å². The second-order valence-electron chi connectivity index (χ2n) is 6.17. The van der Waals surface area contributed by atoms with Crippen molar-refractivity contribution in [1.29, 1.82) is 0 Å². The summed E-state index contributed by atoms with van der Waals surface area (Å²) in [6, 6.07) is 0. The Hall–Kier alpha value is -1.25. The predicted octanol–water partition coefficient (Wildman–Crippen LogP) is 1.69. The first-order chi connectivity index (χ1) is 10.8. The van der Waals surface area contributed by atoms with Crippen molar-refractivity contribution in [3.63, 3.8) is 0 Å². The predicted molar refractivity (Wildman–Crippen MR) is 87.7 cm³/mol. The Morgan fingerprint density at radius 1 is 1.18 bits per heavy atom. The van der Waals surface area contributed by atoms with E-state index in [-0.39, 0.29) is 12.2 Å². The summed E-state index contributed by atoms with van der Waals surface area (Å²) in [6.07, 6.45) is 5.35. The van der Waals surface area contributed by atoms with Gasteiger partial charge in [-0.25, -0.2) is 4.79 Å². The maximum atomic E-state index is 11.6. The fourth-order valence-corrected chi connectivity index (χ4v) is 2.87. The van der Waals surface area contributed by atoms with Gasteiger partial charge in [0.15, 0.2) is 0 Å². The highest BCUT2D eigenvalue weighted by Crippen LogP contribution is 2.12. The van der Waals surface area contributed by atoms with Crippen molar-refractivity contribution in [2.24, 2.45) is 0 Å². The van der Waals surface area contributed by atoms with Crippen molar-refractivity contribution in [2.75, 3.05) is 45.8 Å². The van der Waals surface area contributed by atoms with Gasteiger partial charge in [-0.15, -0.1) is 0 Å².